The molecule has 6 heteroatoms. The van der Waals surface area contributed by atoms with Crippen molar-refractivity contribution >= 4 is 29.3 Å². The number of aromatic nitrogens is 1. The molecule has 0 atom stereocenters. The molecule has 0 aromatic carbocycles. The molecule has 212 valence electrons. The maximum Gasteiger partial charge on any atom is 0.107 e. The standard InChI is InChI=1S/C35H40N4O2/c1-7-18-19(8-2)27-15-30-23(12-6)33-32(41)13-24(35(33)39-30)34-22(11-5)20(9-3)29(38-34)16-31-25(17-40)21(10-4)28(37-31)14-26(18)36-27/h14-16,36,40-41H,7-13,17H2,1-6H3. The molecule has 6 rings (SSSR count). The van der Waals surface area contributed by atoms with Gasteiger partial charge in [0.15, 0.2) is 0 Å². The summed E-state index contributed by atoms with van der Waals surface area (Å²) in [4.78, 5) is 19.2. The highest BCUT2D eigenvalue weighted by atomic mass is 16.3. The lowest BCUT2D eigenvalue weighted by Gasteiger charge is -2.08. The molecule has 3 N–H and O–H groups in total. The summed E-state index contributed by atoms with van der Waals surface area (Å²) < 4.78 is 0. The molecule has 0 unspecified atom stereocenters. The van der Waals surface area contributed by atoms with E-state index in [2.05, 4.69) is 64.8 Å². The van der Waals surface area contributed by atoms with E-state index in [-0.39, 0.29) is 6.61 Å². The summed E-state index contributed by atoms with van der Waals surface area (Å²) in [6.45, 7) is 12.9. The van der Waals surface area contributed by atoms with E-state index in [9.17, 15) is 10.2 Å². The Morgan fingerprint density at radius 2 is 1.29 bits per heavy atom. The maximum atomic E-state index is 11.3. The highest BCUT2D eigenvalue weighted by molar-refractivity contribution is 6.25. The summed E-state index contributed by atoms with van der Waals surface area (Å²) in [5.74, 6) is 0.386. The van der Waals surface area contributed by atoms with Gasteiger partial charge in [-0.15, -0.1) is 0 Å². The van der Waals surface area contributed by atoms with E-state index >= 15 is 0 Å². The fraction of sp³-hybridized carbons (Fsp3) is 0.400. The van der Waals surface area contributed by atoms with Gasteiger partial charge in [-0.1, -0.05) is 41.5 Å². The quantitative estimate of drug-likeness (QED) is 0.395. The van der Waals surface area contributed by atoms with Gasteiger partial charge in [-0.2, -0.15) is 0 Å². The fourth-order valence-corrected chi connectivity index (χ4v) is 7.22. The molecule has 1 aromatic rings. The number of aliphatic hydroxyl groups excluding tert-OH is 2. The van der Waals surface area contributed by atoms with Crippen LogP contribution in [0.25, 0.3) is 12.2 Å². The number of aliphatic imine (C=N–C) groups is 3. The Morgan fingerprint density at radius 1 is 0.683 bits per heavy atom. The van der Waals surface area contributed by atoms with Crippen molar-refractivity contribution < 1.29 is 10.2 Å². The van der Waals surface area contributed by atoms with Crippen LogP contribution in [0.1, 0.15) is 84.8 Å². The topological polar surface area (TPSA) is 93.3 Å². The second-order valence-electron chi connectivity index (χ2n) is 11.1. The monoisotopic (exact) mass is 548 g/mol. The highest BCUT2D eigenvalue weighted by Crippen LogP contribution is 2.45. The summed E-state index contributed by atoms with van der Waals surface area (Å²) in [5, 5.41) is 23.9. The van der Waals surface area contributed by atoms with Gasteiger partial charge in [0.2, 0.25) is 0 Å². The Kier molecular flexibility index (Phi) is 7.06. The van der Waals surface area contributed by atoms with E-state index < -0.39 is 0 Å². The largest absolute Gasteiger partial charge is 0.511 e. The van der Waals surface area contributed by atoms with Crippen molar-refractivity contribution in [1.29, 1.82) is 0 Å². The first-order valence-corrected chi connectivity index (χ1v) is 15.3. The summed E-state index contributed by atoms with van der Waals surface area (Å²) in [5.41, 5.74) is 15.2. The summed E-state index contributed by atoms with van der Waals surface area (Å²) >= 11 is 0. The molecule has 4 aliphatic heterocycles. The van der Waals surface area contributed by atoms with Gasteiger partial charge in [0, 0.05) is 33.8 Å². The normalized spacial score (nSPS) is 19.8. The molecule has 5 aliphatic rings. The number of rotatable bonds is 7. The van der Waals surface area contributed by atoms with Crippen LogP contribution in [0.15, 0.2) is 82.9 Å². The van der Waals surface area contributed by atoms with Crippen molar-refractivity contribution in [3.63, 3.8) is 0 Å². The first kappa shape index (κ1) is 27.4. The number of aromatic amines is 1. The molecule has 0 spiro atoms. The molecule has 6 nitrogen and oxygen atoms in total. The Hall–Kier alpha value is -3.77. The Bertz CT molecular complexity index is 1790. The molecule has 8 bridgehead atoms. The zero-order valence-corrected chi connectivity index (χ0v) is 25.1. The Morgan fingerprint density at radius 3 is 1.90 bits per heavy atom. The Labute approximate surface area is 242 Å². The smallest absolute Gasteiger partial charge is 0.107 e. The molecule has 0 saturated carbocycles. The van der Waals surface area contributed by atoms with Gasteiger partial charge in [0.1, 0.15) is 5.76 Å². The van der Waals surface area contributed by atoms with Gasteiger partial charge in [0.05, 0.1) is 40.8 Å². The third kappa shape index (κ3) is 4.06. The molecular formula is C35H40N4O2. The van der Waals surface area contributed by atoms with E-state index in [1.807, 2.05) is 0 Å². The number of hydrogen-bond donors (Lipinski definition) is 3. The summed E-state index contributed by atoms with van der Waals surface area (Å²) in [7, 11) is 0. The number of hydrogen-bond acceptors (Lipinski definition) is 5. The number of allylic oxidation sites excluding steroid dienone is 8. The maximum absolute atomic E-state index is 11.3. The van der Waals surface area contributed by atoms with E-state index in [1.165, 1.54) is 22.3 Å². The second-order valence-corrected chi connectivity index (χ2v) is 11.1. The van der Waals surface area contributed by atoms with Gasteiger partial charge in [-0.05, 0) is 90.2 Å². The minimum absolute atomic E-state index is 0.0701. The van der Waals surface area contributed by atoms with Crippen LogP contribution in [0.4, 0.5) is 0 Å². The van der Waals surface area contributed by atoms with Crippen molar-refractivity contribution in [3.8, 4) is 0 Å². The molecule has 1 aromatic heterocycles. The molecular weight excluding hydrogens is 508 g/mol. The predicted octanol–water partition coefficient (Wildman–Crippen LogP) is 5.91. The van der Waals surface area contributed by atoms with Gasteiger partial charge in [0.25, 0.3) is 0 Å². The number of H-pyrrole nitrogens is 1. The van der Waals surface area contributed by atoms with Crippen LogP contribution in [-0.2, 0) is 12.8 Å². The first-order chi connectivity index (χ1) is 19.9. The molecule has 0 radical (unpaired) electrons. The number of aliphatic hydroxyl groups is 2. The van der Waals surface area contributed by atoms with Crippen molar-refractivity contribution in [2.75, 3.05) is 6.61 Å². The van der Waals surface area contributed by atoms with E-state index in [0.717, 1.165) is 111 Å². The predicted molar refractivity (Wildman–Crippen MR) is 169 cm³/mol. The lowest BCUT2D eigenvalue weighted by atomic mass is 9.94. The second kappa shape index (κ2) is 10.6. The van der Waals surface area contributed by atoms with Crippen LogP contribution in [0.5, 0.6) is 0 Å². The van der Waals surface area contributed by atoms with Gasteiger partial charge in [-0.3, -0.25) is 0 Å². The van der Waals surface area contributed by atoms with Crippen LogP contribution in [-0.4, -0.2) is 38.9 Å². The summed E-state index contributed by atoms with van der Waals surface area (Å²) in [6, 6.07) is 0. The van der Waals surface area contributed by atoms with Crippen LogP contribution < -0.4 is 10.7 Å². The number of fused-ring (bicyclic) bond motifs is 5. The highest BCUT2D eigenvalue weighted by Gasteiger charge is 2.37. The molecule has 0 fully saturated rings. The van der Waals surface area contributed by atoms with Gasteiger partial charge >= 0.3 is 0 Å². The number of nitrogens with zero attached hydrogens (tertiary/aromatic N) is 3. The van der Waals surface area contributed by atoms with E-state index in [4.69, 9.17) is 15.0 Å². The van der Waals surface area contributed by atoms with Crippen molar-refractivity contribution in [1.82, 2.24) is 4.98 Å². The van der Waals surface area contributed by atoms with Crippen LogP contribution in [0.2, 0.25) is 0 Å². The zero-order valence-electron chi connectivity index (χ0n) is 25.1. The van der Waals surface area contributed by atoms with E-state index in [0.29, 0.717) is 12.2 Å². The lowest BCUT2D eigenvalue weighted by molar-refractivity contribution is 0.333. The van der Waals surface area contributed by atoms with Gasteiger partial charge in [-0.25, -0.2) is 15.0 Å². The van der Waals surface area contributed by atoms with Crippen LogP contribution in [0, 0.1) is 0 Å². The Balaban J connectivity index is 1.75. The van der Waals surface area contributed by atoms with Crippen molar-refractivity contribution in [2.24, 2.45) is 15.0 Å². The average molecular weight is 549 g/mol. The van der Waals surface area contributed by atoms with Crippen LogP contribution >= 0.6 is 0 Å². The molecule has 41 heavy (non-hydrogen) atoms. The zero-order chi connectivity index (χ0) is 29.0. The molecule has 0 amide bonds. The van der Waals surface area contributed by atoms with Crippen molar-refractivity contribution in [3.05, 3.63) is 89.8 Å². The average Bonchev–Trinajstić information content (AvgIpc) is 3.75. The molecule has 0 saturated heterocycles. The first-order valence-electron chi connectivity index (χ1n) is 15.3. The van der Waals surface area contributed by atoms with E-state index in [1.54, 1.807) is 0 Å². The molecule has 1 aliphatic carbocycles. The third-order valence-corrected chi connectivity index (χ3v) is 9.10. The minimum atomic E-state index is -0.0701. The lowest BCUT2D eigenvalue weighted by Crippen LogP contribution is -2.15. The SMILES string of the molecule is CCC1=C2C=c3[nH]c(c(CC)c3CC)=CC3=NC(=CC4=NC(=C5CC(O)=C1C5=N2)C(CC)=C4CC)C(CO)=C3CC. The molecule has 5 heterocycles. The van der Waals surface area contributed by atoms with Crippen LogP contribution in [0.3, 0.4) is 0 Å². The van der Waals surface area contributed by atoms with Gasteiger partial charge < -0.3 is 15.2 Å². The minimum Gasteiger partial charge on any atom is -0.511 e. The summed E-state index contributed by atoms with van der Waals surface area (Å²) in [6.07, 6.45) is 11.9. The fourth-order valence-electron chi connectivity index (χ4n) is 7.22. The third-order valence-electron chi connectivity index (χ3n) is 9.10. The van der Waals surface area contributed by atoms with Crippen molar-refractivity contribution in [2.45, 2.75) is 86.5 Å². The number of nitrogens with one attached hydrogen (secondary N) is 1.